The molecule has 0 spiro atoms. The second-order valence-electron chi connectivity index (χ2n) is 8.91. The van der Waals surface area contributed by atoms with Gasteiger partial charge in [0, 0.05) is 37.8 Å². The van der Waals surface area contributed by atoms with E-state index in [2.05, 4.69) is 15.1 Å². The van der Waals surface area contributed by atoms with Crippen LogP contribution in [0.25, 0.3) is 0 Å². The third-order valence-corrected chi connectivity index (χ3v) is 6.96. The molecular formula is C20H37N3O. The standard InChI is InChI=1S/C20H37N3O/c24-20-4-2-1-3-19(20)23-13-9-18(10-14-23)21-17-7-11-22(12-8-17)15-16-5-6-16/h16-21,24H,1-15H2. The monoisotopic (exact) mass is 335 g/mol. The number of hydrogen-bond donors (Lipinski definition) is 2. The SMILES string of the molecule is OC1CCCCC1N1CCC(NC2CCN(CC3CC3)CC2)CC1. The van der Waals surface area contributed by atoms with Gasteiger partial charge in [-0.05, 0) is 70.4 Å². The van der Waals surface area contributed by atoms with Crippen molar-refractivity contribution in [3.8, 4) is 0 Å². The van der Waals surface area contributed by atoms with Crippen LogP contribution in [0.1, 0.15) is 64.2 Å². The van der Waals surface area contributed by atoms with Crippen molar-refractivity contribution in [2.45, 2.75) is 88.4 Å². The van der Waals surface area contributed by atoms with Crippen molar-refractivity contribution in [1.29, 1.82) is 0 Å². The highest BCUT2D eigenvalue weighted by molar-refractivity contribution is 4.89. The summed E-state index contributed by atoms with van der Waals surface area (Å²) in [6.45, 7) is 6.34. The highest BCUT2D eigenvalue weighted by atomic mass is 16.3. The summed E-state index contributed by atoms with van der Waals surface area (Å²) >= 11 is 0. The Morgan fingerprint density at radius 2 is 1.38 bits per heavy atom. The van der Waals surface area contributed by atoms with Crippen molar-refractivity contribution >= 4 is 0 Å². The summed E-state index contributed by atoms with van der Waals surface area (Å²) in [7, 11) is 0. The van der Waals surface area contributed by atoms with Crippen LogP contribution in [-0.4, -0.2) is 71.9 Å². The van der Waals surface area contributed by atoms with Crippen molar-refractivity contribution in [3.05, 3.63) is 0 Å². The zero-order chi connectivity index (χ0) is 16.4. The summed E-state index contributed by atoms with van der Waals surface area (Å²) in [5.74, 6) is 1.04. The fraction of sp³-hybridized carbons (Fsp3) is 1.00. The van der Waals surface area contributed by atoms with Crippen molar-refractivity contribution in [3.63, 3.8) is 0 Å². The van der Waals surface area contributed by atoms with Crippen LogP contribution >= 0.6 is 0 Å². The van der Waals surface area contributed by atoms with Crippen molar-refractivity contribution in [2.75, 3.05) is 32.7 Å². The first-order valence-electron chi connectivity index (χ1n) is 10.7. The van der Waals surface area contributed by atoms with E-state index in [4.69, 9.17) is 0 Å². The zero-order valence-corrected chi connectivity index (χ0v) is 15.3. The molecule has 0 aromatic heterocycles. The van der Waals surface area contributed by atoms with Crippen molar-refractivity contribution < 1.29 is 5.11 Å². The summed E-state index contributed by atoms with van der Waals surface area (Å²) in [6.07, 6.45) is 12.9. The van der Waals surface area contributed by atoms with Gasteiger partial charge in [0.15, 0.2) is 0 Å². The topological polar surface area (TPSA) is 38.7 Å². The highest BCUT2D eigenvalue weighted by Crippen LogP contribution is 2.31. The summed E-state index contributed by atoms with van der Waals surface area (Å²) in [6, 6.07) is 1.91. The molecule has 4 rings (SSSR count). The predicted octanol–water partition coefficient (Wildman–Crippen LogP) is 2.22. The lowest BCUT2D eigenvalue weighted by Gasteiger charge is -2.43. The smallest absolute Gasteiger partial charge is 0.0695 e. The summed E-state index contributed by atoms with van der Waals surface area (Å²) in [4.78, 5) is 5.28. The Morgan fingerprint density at radius 3 is 2.00 bits per heavy atom. The van der Waals surface area contributed by atoms with Gasteiger partial charge >= 0.3 is 0 Å². The fourth-order valence-corrected chi connectivity index (χ4v) is 5.20. The molecule has 2 saturated heterocycles. The van der Waals surface area contributed by atoms with Crippen LogP contribution in [0.15, 0.2) is 0 Å². The Bertz CT molecular complexity index is 384. The summed E-state index contributed by atoms with van der Waals surface area (Å²) in [5.41, 5.74) is 0. The molecule has 0 amide bonds. The third kappa shape index (κ3) is 4.51. The van der Waals surface area contributed by atoms with Crippen molar-refractivity contribution in [1.82, 2.24) is 15.1 Å². The zero-order valence-electron chi connectivity index (χ0n) is 15.3. The van der Waals surface area contributed by atoms with Crippen LogP contribution in [0.2, 0.25) is 0 Å². The number of nitrogens with zero attached hydrogens (tertiary/aromatic N) is 2. The van der Waals surface area contributed by atoms with Crippen LogP contribution in [0.5, 0.6) is 0 Å². The summed E-state index contributed by atoms with van der Waals surface area (Å²) in [5, 5.41) is 14.2. The number of aliphatic hydroxyl groups is 1. The molecule has 2 aliphatic heterocycles. The van der Waals surface area contributed by atoms with Gasteiger partial charge in [-0.1, -0.05) is 12.8 Å². The van der Waals surface area contributed by atoms with Gasteiger partial charge in [-0.3, -0.25) is 4.90 Å². The normalized spacial score (nSPS) is 35.4. The van der Waals surface area contributed by atoms with E-state index in [1.54, 1.807) is 0 Å². The van der Waals surface area contributed by atoms with E-state index in [1.807, 2.05) is 0 Å². The van der Waals surface area contributed by atoms with E-state index in [0.29, 0.717) is 12.1 Å². The molecule has 2 atom stereocenters. The van der Waals surface area contributed by atoms with Gasteiger partial charge in [-0.2, -0.15) is 0 Å². The van der Waals surface area contributed by atoms with Crippen molar-refractivity contribution in [2.24, 2.45) is 5.92 Å². The largest absolute Gasteiger partial charge is 0.391 e. The van der Waals surface area contributed by atoms with Gasteiger partial charge in [-0.15, -0.1) is 0 Å². The molecule has 4 nitrogen and oxygen atoms in total. The van der Waals surface area contributed by atoms with E-state index in [0.717, 1.165) is 18.4 Å². The van der Waals surface area contributed by atoms with Gasteiger partial charge < -0.3 is 15.3 Å². The molecule has 2 N–H and O–H groups in total. The number of nitrogens with one attached hydrogen (secondary N) is 1. The van der Waals surface area contributed by atoms with Gasteiger partial charge in [0.1, 0.15) is 0 Å². The minimum absolute atomic E-state index is 0.0703. The number of aliphatic hydroxyl groups excluding tert-OH is 1. The molecule has 2 saturated carbocycles. The van der Waals surface area contributed by atoms with E-state index >= 15 is 0 Å². The van der Waals surface area contributed by atoms with Gasteiger partial charge in [0.25, 0.3) is 0 Å². The quantitative estimate of drug-likeness (QED) is 0.808. The lowest BCUT2D eigenvalue weighted by molar-refractivity contribution is 0.00607. The van der Waals surface area contributed by atoms with Crippen LogP contribution < -0.4 is 5.32 Å². The molecule has 0 radical (unpaired) electrons. The number of hydrogen-bond acceptors (Lipinski definition) is 4. The second kappa shape index (κ2) is 8.03. The van der Waals surface area contributed by atoms with Gasteiger partial charge in [0.2, 0.25) is 0 Å². The Hall–Kier alpha value is -0.160. The van der Waals surface area contributed by atoms with Gasteiger partial charge in [-0.25, -0.2) is 0 Å². The Morgan fingerprint density at radius 1 is 0.750 bits per heavy atom. The van der Waals surface area contributed by atoms with E-state index < -0.39 is 0 Å². The van der Waals surface area contributed by atoms with Crippen LogP contribution in [0, 0.1) is 5.92 Å². The van der Waals surface area contributed by atoms with Crippen LogP contribution in [-0.2, 0) is 0 Å². The molecular weight excluding hydrogens is 298 g/mol. The molecule has 24 heavy (non-hydrogen) atoms. The molecule has 0 bridgehead atoms. The highest BCUT2D eigenvalue weighted by Gasteiger charge is 2.32. The first kappa shape index (κ1) is 17.3. The first-order valence-corrected chi connectivity index (χ1v) is 10.7. The molecule has 2 aliphatic carbocycles. The maximum absolute atomic E-state index is 10.3. The Labute approximate surface area is 148 Å². The Kier molecular flexibility index (Phi) is 5.77. The average molecular weight is 336 g/mol. The lowest BCUT2D eigenvalue weighted by atomic mass is 9.89. The first-order chi connectivity index (χ1) is 11.8. The molecule has 0 aromatic carbocycles. The van der Waals surface area contributed by atoms with Crippen LogP contribution in [0.4, 0.5) is 0 Å². The maximum Gasteiger partial charge on any atom is 0.0695 e. The molecule has 4 aliphatic rings. The predicted molar refractivity (Wildman–Crippen MR) is 98.2 cm³/mol. The van der Waals surface area contributed by atoms with Gasteiger partial charge in [0.05, 0.1) is 6.10 Å². The third-order valence-electron chi connectivity index (χ3n) is 6.96. The fourth-order valence-electron chi connectivity index (χ4n) is 5.20. The molecule has 2 unspecified atom stereocenters. The second-order valence-corrected chi connectivity index (χ2v) is 8.91. The maximum atomic E-state index is 10.3. The number of rotatable bonds is 5. The van der Waals surface area contributed by atoms with E-state index in [1.165, 1.54) is 90.5 Å². The molecule has 0 aromatic rings. The van der Waals surface area contributed by atoms with E-state index in [9.17, 15) is 5.11 Å². The molecule has 4 heteroatoms. The molecule has 138 valence electrons. The van der Waals surface area contributed by atoms with E-state index in [-0.39, 0.29) is 6.10 Å². The number of piperidine rings is 2. The molecule has 4 fully saturated rings. The molecule has 2 heterocycles. The Balaban J connectivity index is 1.15. The average Bonchev–Trinajstić information content (AvgIpc) is 3.42. The summed E-state index contributed by atoms with van der Waals surface area (Å²) < 4.78 is 0. The van der Waals surface area contributed by atoms with Crippen LogP contribution in [0.3, 0.4) is 0 Å². The minimum atomic E-state index is -0.0703. The lowest BCUT2D eigenvalue weighted by Crippen LogP contribution is -2.53. The minimum Gasteiger partial charge on any atom is -0.391 e. The number of likely N-dealkylation sites (tertiary alicyclic amines) is 2.